The zero-order valence-electron chi connectivity index (χ0n) is 5.90. The minimum Gasteiger partial charge on any atom is -0.388 e. The monoisotopic (exact) mass is 211 g/mol. The first-order chi connectivity index (χ1) is 4.74. The van der Waals surface area contributed by atoms with Gasteiger partial charge in [0.05, 0.1) is 10.0 Å². The highest BCUT2D eigenvalue weighted by Gasteiger charge is 1.95. The summed E-state index contributed by atoms with van der Waals surface area (Å²) in [6.45, 7) is 0. The lowest BCUT2D eigenvalue weighted by molar-refractivity contribution is 1.51. The van der Waals surface area contributed by atoms with Crippen LogP contribution in [-0.4, -0.2) is 7.05 Å². The van der Waals surface area contributed by atoms with Crippen LogP contribution in [0.4, 0.5) is 5.69 Å². The van der Waals surface area contributed by atoms with Crippen molar-refractivity contribution in [1.82, 2.24) is 0 Å². The highest BCUT2D eigenvalue weighted by atomic mass is 35.5. The van der Waals surface area contributed by atoms with Gasteiger partial charge in [-0.3, -0.25) is 0 Å². The number of hydrogen-bond donors (Lipinski definition) is 1. The average Bonchev–Trinajstić information content (AvgIpc) is 1.95. The lowest BCUT2D eigenvalue weighted by Crippen LogP contribution is -1.86. The largest absolute Gasteiger partial charge is 0.388 e. The van der Waals surface area contributed by atoms with E-state index < -0.39 is 0 Å². The average molecular weight is 213 g/mol. The van der Waals surface area contributed by atoms with Gasteiger partial charge in [-0.15, -0.1) is 12.4 Å². The summed E-state index contributed by atoms with van der Waals surface area (Å²) in [5, 5.41) is 4.11. The molecule has 0 aliphatic carbocycles. The Bertz CT molecular complexity index is 237. The van der Waals surface area contributed by atoms with Gasteiger partial charge in [0.25, 0.3) is 0 Å². The van der Waals surface area contributed by atoms with Crippen LogP contribution in [0.25, 0.3) is 0 Å². The van der Waals surface area contributed by atoms with Crippen molar-refractivity contribution in [1.29, 1.82) is 0 Å². The van der Waals surface area contributed by atoms with Crippen molar-refractivity contribution in [3.63, 3.8) is 0 Å². The number of anilines is 1. The molecular formula is C7H8Cl3N. The third-order valence-electron chi connectivity index (χ3n) is 1.21. The van der Waals surface area contributed by atoms with Gasteiger partial charge in [-0.05, 0) is 18.2 Å². The van der Waals surface area contributed by atoms with E-state index in [0.29, 0.717) is 10.0 Å². The van der Waals surface area contributed by atoms with Crippen LogP contribution in [0.1, 0.15) is 0 Å². The van der Waals surface area contributed by atoms with E-state index in [4.69, 9.17) is 23.2 Å². The molecule has 1 nitrogen and oxygen atoms in total. The van der Waals surface area contributed by atoms with Gasteiger partial charge in [-0.1, -0.05) is 23.2 Å². The van der Waals surface area contributed by atoms with Crippen LogP contribution in [0, 0.1) is 0 Å². The van der Waals surface area contributed by atoms with Crippen molar-refractivity contribution < 1.29 is 0 Å². The molecule has 0 atom stereocenters. The van der Waals surface area contributed by atoms with Crippen LogP contribution in [0.15, 0.2) is 18.2 Å². The summed E-state index contributed by atoms with van der Waals surface area (Å²) >= 11 is 11.4. The normalized spacial score (nSPS) is 8.64. The maximum absolute atomic E-state index is 5.72. The molecular weight excluding hydrogens is 204 g/mol. The molecule has 0 unspecified atom stereocenters. The van der Waals surface area contributed by atoms with E-state index in [1.807, 2.05) is 13.1 Å². The number of rotatable bonds is 1. The Hall–Kier alpha value is -0.110. The molecule has 0 saturated carbocycles. The maximum Gasteiger partial charge on any atom is 0.0612 e. The molecule has 0 aliphatic rings. The molecule has 0 heterocycles. The Kier molecular flexibility index (Phi) is 4.66. The quantitative estimate of drug-likeness (QED) is 0.752. The third-order valence-corrected chi connectivity index (χ3v) is 1.95. The molecule has 1 aromatic rings. The second kappa shape index (κ2) is 4.70. The Balaban J connectivity index is 0.000001000. The Morgan fingerprint density at radius 3 is 2.27 bits per heavy atom. The van der Waals surface area contributed by atoms with Gasteiger partial charge in [0.15, 0.2) is 0 Å². The Morgan fingerprint density at radius 2 is 1.82 bits per heavy atom. The molecule has 0 bridgehead atoms. The molecule has 0 aliphatic heterocycles. The predicted molar refractivity (Wildman–Crippen MR) is 53.3 cm³/mol. The number of nitrogens with one attached hydrogen (secondary N) is 1. The van der Waals surface area contributed by atoms with Crippen molar-refractivity contribution in [3.05, 3.63) is 28.2 Å². The lowest BCUT2D eigenvalue weighted by Gasteiger charge is -2.00. The first-order valence-electron chi connectivity index (χ1n) is 2.87. The molecule has 62 valence electrons. The van der Waals surface area contributed by atoms with Gasteiger partial charge >= 0.3 is 0 Å². The minimum absolute atomic E-state index is 0. The van der Waals surface area contributed by atoms with Gasteiger partial charge in [0.1, 0.15) is 0 Å². The number of benzene rings is 1. The second-order valence-electron chi connectivity index (χ2n) is 1.88. The fourth-order valence-corrected chi connectivity index (χ4v) is 0.950. The standard InChI is InChI=1S/C7H7Cl2N.ClH/c1-10-5-2-3-6(8)7(9)4-5;/h2-4,10H,1H3;1H. The first kappa shape index (κ1) is 10.9. The molecule has 1 aromatic carbocycles. The minimum atomic E-state index is 0. The lowest BCUT2D eigenvalue weighted by atomic mass is 10.3. The summed E-state index contributed by atoms with van der Waals surface area (Å²) in [4.78, 5) is 0. The van der Waals surface area contributed by atoms with Crippen molar-refractivity contribution in [2.75, 3.05) is 12.4 Å². The van der Waals surface area contributed by atoms with Gasteiger partial charge in [-0.2, -0.15) is 0 Å². The molecule has 1 rings (SSSR count). The van der Waals surface area contributed by atoms with Crippen LogP contribution in [0.5, 0.6) is 0 Å². The molecule has 11 heavy (non-hydrogen) atoms. The van der Waals surface area contributed by atoms with E-state index in [1.165, 1.54) is 0 Å². The van der Waals surface area contributed by atoms with E-state index in [9.17, 15) is 0 Å². The summed E-state index contributed by atoms with van der Waals surface area (Å²) in [5.74, 6) is 0. The third kappa shape index (κ3) is 2.78. The molecule has 1 N–H and O–H groups in total. The van der Waals surface area contributed by atoms with Crippen LogP contribution >= 0.6 is 35.6 Å². The predicted octanol–water partition coefficient (Wildman–Crippen LogP) is 3.46. The number of hydrogen-bond acceptors (Lipinski definition) is 1. The molecule has 0 spiro atoms. The van der Waals surface area contributed by atoms with Gasteiger partial charge in [-0.25, -0.2) is 0 Å². The maximum atomic E-state index is 5.72. The van der Waals surface area contributed by atoms with Crippen molar-refractivity contribution in [2.45, 2.75) is 0 Å². The zero-order valence-corrected chi connectivity index (χ0v) is 8.22. The summed E-state index contributed by atoms with van der Waals surface area (Å²) in [7, 11) is 1.83. The van der Waals surface area contributed by atoms with Crippen LogP contribution in [0.2, 0.25) is 10.0 Å². The second-order valence-corrected chi connectivity index (χ2v) is 2.69. The van der Waals surface area contributed by atoms with Crippen molar-refractivity contribution >= 4 is 41.3 Å². The van der Waals surface area contributed by atoms with Crippen LogP contribution < -0.4 is 5.32 Å². The highest BCUT2D eigenvalue weighted by molar-refractivity contribution is 6.42. The Morgan fingerprint density at radius 1 is 1.18 bits per heavy atom. The van der Waals surface area contributed by atoms with E-state index >= 15 is 0 Å². The molecule has 0 fully saturated rings. The van der Waals surface area contributed by atoms with Crippen LogP contribution in [0.3, 0.4) is 0 Å². The molecule has 0 aromatic heterocycles. The van der Waals surface area contributed by atoms with Gasteiger partial charge in [0.2, 0.25) is 0 Å². The van der Waals surface area contributed by atoms with E-state index in [0.717, 1.165) is 5.69 Å². The van der Waals surface area contributed by atoms with E-state index in [-0.39, 0.29) is 12.4 Å². The summed E-state index contributed by atoms with van der Waals surface area (Å²) in [6, 6.07) is 5.41. The van der Waals surface area contributed by atoms with Crippen LogP contribution in [-0.2, 0) is 0 Å². The molecule has 0 amide bonds. The molecule has 0 radical (unpaired) electrons. The summed E-state index contributed by atoms with van der Waals surface area (Å²) < 4.78 is 0. The van der Waals surface area contributed by atoms with Crippen molar-refractivity contribution in [2.24, 2.45) is 0 Å². The van der Waals surface area contributed by atoms with E-state index in [2.05, 4.69) is 5.32 Å². The topological polar surface area (TPSA) is 12.0 Å². The Labute approximate surface area is 82.1 Å². The zero-order chi connectivity index (χ0) is 7.56. The fraction of sp³-hybridized carbons (Fsp3) is 0.143. The molecule has 0 saturated heterocycles. The van der Waals surface area contributed by atoms with Gasteiger partial charge in [0, 0.05) is 12.7 Å². The SMILES string of the molecule is CNc1ccc(Cl)c(Cl)c1.Cl. The number of halogens is 3. The van der Waals surface area contributed by atoms with Gasteiger partial charge < -0.3 is 5.32 Å². The summed E-state index contributed by atoms with van der Waals surface area (Å²) in [6.07, 6.45) is 0. The first-order valence-corrected chi connectivity index (χ1v) is 3.62. The summed E-state index contributed by atoms with van der Waals surface area (Å²) in [5.41, 5.74) is 0.967. The van der Waals surface area contributed by atoms with E-state index in [1.54, 1.807) is 12.1 Å². The van der Waals surface area contributed by atoms with Crippen molar-refractivity contribution in [3.8, 4) is 0 Å². The fourth-order valence-electron chi connectivity index (χ4n) is 0.652. The highest BCUT2D eigenvalue weighted by Crippen LogP contribution is 2.24. The smallest absolute Gasteiger partial charge is 0.0612 e. The molecule has 4 heteroatoms.